The molecule has 1 amide bonds. The summed E-state index contributed by atoms with van der Waals surface area (Å²) in [6.07, 6.45) is 0. The van der Waals surface area contributed by atoms with E-state index in [1.54, 1.807) is 11.0 Å². The summed E-state index contributed by atoms with van der Waals surface area (Å²) >= 11 is 0. The lowest BCUT2D eigenvalue weighted by molar-refractivity contribution is -0.124. The Morgan fingerprint density at radius 1 is 1.50 bits per heavy atom. The lowest BCUT2D eigenvalue weighted by Gasteiger charge is -2.36. The number of nitrogens with two attached hydrogens (primary N) is 1. The summed E-state index contributed by atoms with van der Waals surface area (Å²) in [5.41, 5.74) is 6.75. The molecule has 1 aromatic carbocycles. The smallest absolute Gasteiger partial charge is 0.337 e. The molecule has 20 heavy (non-hydrogen) atoms. The molecule has 4 N–H and O–H groups in total. The van der Waals surface area contributed by atoms with E-state index in [9.17, 15) is 14.7 Å². The Kier molecular flexibility index (Phi) is 4.09. The second kappa shape index (κ2) is 5.79. The van der Waals surface area contributed by atoms with E-state index in [1.165, 1.54) is 19.2 Å². The summed E-state index contributed by atoms with van der Waals surface area (Å²) in [7, 11) is 1.53. The lowest BCUT2D eigenvalue weighted by Crippen LogP contribution is -2.53. The topological polar surface area (TPSA) is 105 Å². The Hall–Kier alpha value is -2.28. The maximum atomic E-state index is 11.9. The van der Waals surface area contributed by atoms with Crippen molar-refractivity contribution >= 4 is 23.3 Å². The highest BCUT2D eigenvalue weighted by Gasteiger charge is 2.31. The number of rotatable bonds is 3. The van der Waals surface area contributed by atoms with Gasteiger partial charge in [-0.3, -0.25) is 4.79 Å². The first-order chi connectivity index (χ1) is 9.54. The zero-order valence-corrected chi connectivity index (χ0v) is 11.1. The molecule has 1 heterocycles. The first kappa shape index (κ1) is 14.1. The molecule has 1 saturated heterocycles. The van der Waals surface area contributed by atoms with Crippen LogP contribution in [0.3, 0.4) is 0 Å². The number of carboxylic acid groups (broad SMARTS) is 1. The fourth-order valence-corrected chi connectivity index (χ4v) is 2.24. The molecular formula is C13H17N3O4. The van der Waals surface area contributed by atoms with Crippen LogP contribution >= 0.6 is 0 Å². The number of nitrogens with zero attached hydrogens (tertiary/aromatic N) is 1. The summed E-state index contributed by atoms with van der Waals surface area (Å²) in [6.45, 7) is 1.08. The number of nitrogen functional groups attached to an aromatic ring is 1. The van der Waals surface area contributed by atoms with Gasteiger partial charge in [0.2, 0.25) is 5.91 Å². The molecule has 0 spiro atoms. The molecule has 1 aliphatic rings. The minimum Gasteiger partial charge on any atom is -0.478 e. The van der Waals surface area contributed by atoms with E-state index in [1.807, 2.05) is 0 Å². The molecule has 108 valence electrons. The number of ether oxygens (including phenoxy) is 1. The Bertz CT molecular complexity index is 532. The van der Waals surface area contributed by atoms with Gasteiger partial charge in [0.25, 0.3) is 0 Å². The van der Waals surface area contributed by atoms with Crippen LogP contribution in [0.5, 0.6) is 0 Å². The van der Waals surface area contributed by atoms with E-state index in [0.29, 0.717) is 24.5 Å². The molecule has 0 bridgehead atoms. The first-order valence-corrected chi connectivity index (χ1v) is 6.23. The number of aromatic carboxylic acids is 1. The number of hydrogen-bond donors (Lipinski definition) is 3. The number of morpholine rings is 1. The third-order valence-electron chi connectivity index (χ3n) is 3.24. The van der Waals surface area contributed by atoms with Gasteiger partial charge in [-0.05, 0) is 18.2 Å². The van der Waals surface area contributed by atoms with Crippen molar-refractivity contribution in [2.45, 2.75) is 6.04 Å². The number of carbonyl (C=O) groups is 2. The average Bonchev–Trinajstić information content (AvgIpc) is 2.46. The van der Waals surface area contributed by atoms with Gasteiger partial charge in [0.05, 0.1) is 24.5 Å². The van der Waals surface area contributed by atoms with Gasteiger partial charge in [-0.15, -0.1) is 0 Å². The Morgan fingerprint density at radius 2 is 2.25 bits per heavy atom. The maximum Gasteiger partial charge on any atom is 0.337 e. The molecule has 0 radical (unpaired) electrons. The van der Waals surface area contributed by atoms with Gasteiger partial charge in [-0.1, -0.05) is 0 Å². The number of nitrogens with one attached hydrogen (secondary N) is 1. The molecule has 0 aromatic heterocycles. The van der Waals surface area contributed by atoms with Crippen molar-refractivity contribution in [1.29, 1.82) is 0 Å². The number of carbonyl (C=O) groups excluding carboxylic acids is 1. The number of carboxylic acids is 1. The van der Waals surface area contributed by atoms with Gasteiger partial charge < -0.3 is 25.8 Å². The standard InChI is InChI=1S/C13H17N3O4/c1-15-12(17)11-7-20-5-4-16(11)10-6-8(14)2-3-9(10)13(18)19/h2-3,6,11H,4-5,7,14H2,1H3,(H,15,17)(H,18,19). The van der Waals surface area contributed by atoms with E-state index >= 15 is 0 Å². The summed E-state index contributed by atoms with van der Waals surface area (Å²) in [6, 6.07) is 3.99. The van der Waals surface area contributed by atoms with Crippen molar-refractivity contribution in [1.82, 2.24) is 5.32 Å². The Labute approximate surface area is 116 Å². The Morgan fingerprint density at radius 3 is 2.90 bits per heavy atom. The molecular weight excluding hydrogens is 262 g/mol. The van der Waals surface area contributed by atoms with Crippen molar-refractivity contribution in [3.05, 3.63) is 23.8 Å². The van der Waals surface area contributed by atoms with Crippen LogP contribution < -0.4 is 16.0 Å². The fraction of sp³-hybridized carbons (Fsp3) is 0.385. The second-order valence-corrected chi connectivity index (χ2v) is 4.48. The number of anilines is 2. The molecule has 1 aliphatic heterocycles. The van der Waals surface area contributed by atoms with Crippen LogP contribution in [0.1, 0.15) is 10.4 Å². The number of hydrogen-bond acceptors (Lipinski definition) is 5. The predicted octanol–water partition coefficient (Wildman–Crippen LogP) is -0.0818. The highest BCUT2D eigenvalue weighted by molar-refractivity contribution is 5.97. The van der Waals surface area contributed by atoms with Gasteiger partial charge in [0.15, 0.2) is 0 Å². The largest absolute Gasteiger partial charge is 0.478 e. The zero-order chi connectivity index (χ0) is 14.7. The monoisotopic (exact) mass is 279 g/mol. The van der Waals surface area contributed by atoms with Crippen molar-refractivity contribution < 1.29 is 19.4 Å². The highest BCUT2D eigenvalue weighted by Crippen LogP contribution is 2.27. The number of likely N-dealkylation sites (N-methyl/N-ethyl adjacent to an activating group) is 1. The van der Waals surface area contributed by atoms with Gasteiger partial charge in [-0.2, -0.15) is 0 Å². The molecule has 2 rings (SSSR count). The quantitative estimate of drug-likeness (QED) is 0.668. The van der Waals surface area contributed by atoms with Crippen molar-refractivity contribution in [2.24, 2.45) is 0 Å². The minimum atomic E-state index is -1.05. The molecule has 1 unspecified atom stereocenters. The summed E-state index contributed by atoms with van der Waals surface area (Å²) in [4.78, 5) is 25.0. The summed E-state index contributed by atoms with van der Waals surface area (Å²) in [5, 5.41) is 11.8. The molecule has 0 saturated carbocycles. The van der Waals surface area contributed by atoms with Crippen LogP contribution in [0.15, 0.2) is 18.2 Å². The summed E-state index contributed by atoms with van der Waals surface area (Å²) < 4.78 is 5.31. The molecule has 7 nitrogen and oxygen atoms in total. The van der Waals surface area contributed by atoms with Crippen LogP contribution in [0.25, 0.3) is 0 Å². The molecule has 0 aliphatic carbocycles. The van der Waals surface area contributed by atoms with Gasteiger partial charge in [0, 0.05) is 19.3 Å². The molecule has 7 heteroatoms. The van der Waals surface area contributed by atoms with Crippen molar-refractivity contribution in [3.8, 4) is 0 Å². The van der Waals surface area contributed by atoms with Crippen LogP contribution in [0.4, 0.5) is 11.4 Å². The van der Waals surface area contributed by atoms with Gasteiger partial charge in [-0.25, -0.2) is 4.79 Å². The highest BCUT2D eigenvalue weighted by atomic mass is 16.5. The minimum absolute atomic E-state index is 0.120. The van der Waals surface area contributed by atoms with E-state index in [2.05, 4.69) is 5.32 Å². The van der Waals surface area contributed by atoms with Gasteiger partial charge >= 0.3 is 5.97 Å². The average molecular weight is 279 g/mol. The molecule has 1 atom stereocenters. The van der Waals surface area contributed by atoms with Crippen molar-refractivity contribution in [3.63, 3.8) is 0 Å². The van der Waals surface area contributed by atoms with E-state index < -0.39 is 12.0 Å². The van der Waals surface area contributed by atoms with Crippen LogP contribution in [-0.2, 0) is 9.53 Å². The fourth-order valence-electron chi connectivity index (χ4n) is 2.24. The predicted molar refractivity (Wildman–Crippen MR) is 73.8 cm³/mol. The normalized spacial score (nSPS) is 18.6. The summed E-state index contributed by atoms with van der Waals surface area (Å²) in [5.74, 6) is -1.27. The first-order valence-electron chi connectivity index (χ1n) is 6.23. The van der Waals surface area contributed by atoms with Crippen LogP contribution in [-0.4, -0.2) is 49.8 Å². The maximum absolute atomic E-state index is 11.9. The van der Waals surface area contributed by atoms with E-state index in [-0.39, 0.29) is 18.1 Å². The third-order valence-corrected chi connectivity index (χ3v) is 3.24. The third kappa shape index (κ3) is 2.67. The van der Waals surface area contributed by atoms with Gasteiger partial charge in [0.1, 0.15) is 6.04 Å². The SMILES string of the molecule is CNC(=O)C1COCCN1c1cc(N)ccc1C(=O)O. The van der Waals surface area contributed by atoms with Crippen LogP contribution in [0, 0.1) is 0 Å². The number of amides is 1. The lowest BCUT2D eigenvalue weighted by atomic mass is 10.1. The van der Waals surface area contributed by atoms with E-state index in [4.69, 9.17) is 10.5 Å². The molecule has 1 fully saturated rings. The van der Waals surface area contributed by atoms with E-state index in [0.717, 1.165) is 0 Å². The van der Waals surface area contributed by atoms with Crippen LogP contribution in [0.2, 0.25) is 0 Å². The second-order valence-electron chi connectivity index (χ2n) is 4.48. The zero-order valence-electron chi connectivity index (χ0n) is 11.1. The Balaban J connectivity index is 2.44. The number of benzene rings is 1. The molecule has 1 aromatic rings. The van der Waals surface area contributed by atoms with Crippen molar-refractivity contribution in [2.75, 3.05) is 37.4 Å².